The van der Waals surface area contributed by atoms with E-state index < -0.39 is 0 Å². The Labute approximate surface area is 119 Å². The first kappa shape index (κ1) is 14.2. The number of pyridine rings is 1. The van der Waals surface area contributed by atoms with E-state index in [1.807, 2.05) is 19.1 Å². The summed E-state index contributed by atoms with van der Waals surface area (Å²) in [6.07, 6.45) is 7.64. The monoisotopic (exact) mass is 272 g/mol. The van der Waals surface area contributed by atoms with E-state index in [-0.39, 0.29) is 12.1 Å². The highest BCUT2D eigenvalue weighted by Crippen LogP contribution is 2.14. The van der Waals surface area contributed by atoms with E-state index in [1.165, 1.54) is 10.9 Å². The topological polar surface area (TPSA) is 59.8 Å². The van der Waals surface area contributed by atoms with Crippen molar-refractivity contribution in [2.75, 3.05) is 0 Å². The molecule has 1 atom stereocenters. The van der Waals surface area contributed by atoms with Gasteiger partial charge in [-0.05, 0) is 31.4 Å². The molecule has 2 aromatic heterocycles. The number of amides is 1. The van der Waals surface area contributed by atoms with Gasteiger partial charge < -0.3 is 5.32 Å². The lowest BCUT2D eigenvalue weighted by atomic mass is 10.1. The number of nitrogens with zero attached hydrogens (tertiary/aromatic N) is 3. The molecule has 0 spiro atoms. The molecule has 2 rings (SSSR count). The number of carbonyl (C=O) groups is 1. The fourth-order valence-electron chi connectivity index (χ4n) is 2.15. The first-order chi connectivity index (χ1) is 9.56. The standard InChI is InChI=1S/C15H20N4O/c1-11(2)7-12(3)18-15(20)19-9-14(17-10-19)13-5-4-6-16-8-13/h4-6,8-12H,7H2,1-3H3,(H,18,20). The predicted octanol–water partition coefficient (Wildman–Crippen LogP) is 2.94. The lowest BCUT2D eigenvalue weighted by molar-refractivity contribution is 0.237. The van der Waals surface area contributed by atoms with E-state index in [9.17, 15) is 4.79 Å². The molecular formula is C15H20N4O. The van der Waals surface area contributed by atoms with Gasteiger partial charge in [0.05, 0.1) is 5.69 Å². The predicted molar refractivity (Wildman–Crippen MR) is 78.3 cm³/mol. The molecule has 0 saturated carbocycles. The van der Waals surface area contributed by atoms with Crippen LogP contribution in [0.25, 0.3) is 11.3 Å². The molecule has 1 unspecified atom stereocenters. The van der Waals surface area contributed by atoms with Crippen LogP contribution in [0, 0.1) is 5.92 Å². The van der Waals surface area contributed by atoms with Crippen molar-refractivity contribution in [2.24, 2.45) is 5.92 Å². The van der Waals surface area contributed by atoms with E-state index in [4.69, 9.17) is 0 Å². The summed E-state index contributed by atoms with van der Waals surface area (Å²) in [6.45, 7) is 6.29. The molecule has 1 N–H and O–H groups in total. The average Bonchev–Trinajstić information content (AvgIpc) is 2.88. The summed E-state index contributed by atoms with van der Waals surface area (Å²) in [5.41, 5.74) is 1.64. The second-order valence-corrected chi connectivity index (χ2v) is 5.39. The first-order valence-corrected chi connectivity index (χ1v) is 6.81. The van der Waals surface area contributed by atoms with Gasteiger partial charge in [0.15, 0.2) is 0 Å². The van der Waals surface area contributed by atoms with Crippen LogP contribution >= 0.6 is 0 Å². The Bertz CT molecular complexity index is 562. The number of aromatic nitrogens is 3. The summed E-state index contributed by atoms with van der Waals surface area (Å²) in [5, 5.41) is 2.96. The summed E-state index contributed by atoms with van der Waals surface area (Å²) in [6, 6.07) is 3.76. The van der Waals surface area contributed by atoms with Gasteiger partial charge in [-0.25, -0.2) is 9.78 Å². The van der Waals surface area contributed by atoms with Gasteiger partial charge in [0.2, 0.25) is 0 Å². The van der Waals surface area contributed by atoms with Gasteiger partial charge >= 0.3 is 6.03 Å². The third kappa shape index (κ3) is 3.66. The van der Waals surface area contributed by atoms with Crippen LogP contribution in [-0.2, 0) is 0 Å². The summed E-state index contributed by atoms with van der Waals surface area (Å²) in [4.78, 5) is 20.4. The molecule has 0 aliphatic heterocycles. The van der Waals surface area contributed by atoms with Crippen molar-refractivity contribution in [1.29, 1.82) is 0 Å². The number of hydrogen-bond donors (Lipinski definition) is 1. The number of hydrogen-bond acceptors (Lipinski definition) is 3. The van der Waals surface area contributed by atoms with Crippen LogP contribution in [0.15, 0.2) is 37.1 Å². The highest BCUT2D eigenvalue weighted by atomic mass is 16.2. The molecule has 0 aliphatic carbocycles. The molecule has 106 valence electrons. The van der Waals surface area contributed by atoms with E-state index >= 15 is 0 Å². The van der Waals surface area contributed by atoms with Gasteiger partial charge in [0.1, 0.15) is 6.33 Å². The molecule has 5 heteroatoms. The van der Waals surface area contributed by atoms with Crippen LogP contribution in [0.5, 0.6) is 0 Å². The fourth-order valence-corrected chi connectivity index (χ4v) is 2.15. The molecule has 0 saturated heterocycles. The zero-order chi connectivity index (χ0) is 14.5. The van der Waals surface area contributed by atoms with E-state index in [1.54, 1.807) is 18.6 Å². The molecular weight excluding hydrogens is 252 g/mol. The number of carbonyl (C=O) groups excluding carboxylic acids is 1. The van der Waals surface area contributed by atoms with Crippen LogP contribution in [0.1, 0.15) is 27.2 Å². The molecule has 2 heterocycles. The van der Waals surface area contributed by atoms with Crippen molar-refractivity contribution in [3.05, 3.63) is 37.1 Å². The normalized spacial score (nSPS) is 12.4. The van der Waals surface area contributed by atoms with Crippen molar-refractivity contribution in [3.8, 4) is 11.3 Å². The Hall–Kier alpha value is -2.17. The van der Waals surface area contributed by atoms with Crippen LogP contribution in [0.2, 0.25) is 0 Å². The molecule has 0 aliphatic rings. The van der Waals surface area contributed by atoms with Gasteiger partial charge in [-0.15, -0.1) is 0 Å². The minimum atomic E-state index is -0.152. The van der Waals surface area contributed by atoms with Crippen LogP contribution in [0.3, 0.4) is 0 Å². The fraction of sp³-hybridized carbons (Fsp3) is 0.400. The van der Waals surface area contributed by atoms with Crippen molar-refractivity contribution in [2.45, 2.75) is 33.2 Å². The quantitative estimate of drug-likeness (QED) is 0.931. The Kier molecular flexibility index (Phi) is 4.50. The molecule has 0 radical (unpaired) electrons. The Morgan fingerprint density at radius 2 is 2.20 bits per heavy atom. The smallest absolute Gasteiger partial charge is 0.327 e. The summed E-state index contributed by atoms with van der Waals surface area (Å²) in [7, 11) is 0. The largest absolute Gasteiger partial charge is 0.335 e. The molecule has 1 amide bonds. The van der Waals surface area contributed by atoms with Crippen molar-refractivity contribution in [3.63, 3.8) is 0 Å². The van der Waals surface area contributed by atoms with Crippen molar-refractivity contribution in [1.82, 2.24) is 19.9 Å². The number of imidazole rings is 1. The Morgan fingerprint density at radius 3 is 2.85 bits per heavy atom. The minimum absolute atomic E-state index is 0.145. The van der Waals surface area contributed by atoms with E-state index in [0.717, 1.165) is 17.7 Å². The van der Waals surface area contributed by atoms with Gasteiger partial charge in [0, 0.05) is 30.2 Å². The summed E-state index contributed by atoms with van der Waals surface area (Å²) in [5.74, 6) is 0.555. The van der Waals surface area contributed by atoms with E-state index in [2.05, 4.69) is 29.1 Å². The zero-order valence-electron chi connectivity index (χ0n) is 12.1. The summed E-state index contributed by atoms with van der Waals surface area (Å²) >= 11 is 0. The van der Waals surface area contributed by atoms with Gasteiger partial charge in [-0.3, -0.25) is 9.55 Å². The maximum atomic E-state index is 12.1. The van der Waals surface area contributed by atoms with Gasteiger partial charge in [0.25, 0.3) is 0 Å². The molecule has 5 nitrogen and oxygen atoms in total. The van der Waals surface area contributed by atoms with Crippen LogP contribution in [0.4, 0.5) is 4.79 Å². The average molecular weight is 272 g/mol. The highest BCUT2D eigenvalue weighted by molar-refractivity contribution is 5.78. The van der Waals surface area contributed by atoms with Crippen LogP contribution in [-0.4, -0.2) is 26.6 Å². The first-order valence-electron chi connectivity index (χ1n) is 6.81. The molecule has 0 aromatic carbocycles. The van der Waals surface area contributed by atoms with Crippen LogP contribution < -0.4 is 5.32 Å². The Balaban J connectivity index is 2.04. The van der Waals surface area contributed by atoms with Gasteiger partial charge in [-0.1, -0.05) is 13.8 Å². The summed E-state index contributed by atoms with van der Waals surface area (Å²) < 4.78 is 1.47. The second kappa shape index (κ2) is 6.32. The van der Waals surface area contributed by atoms with E-state index in [0.29, 0.717) is 5.92 Å². The maximum Gasteiger partial charge on any atom is 0.327 e. The molecule has 20 heavy (non-hydrogen) atoms. The lowest BCUT2D eigenvalue weighted by Crippen LogP contribution is -2.36. The van der Waals surface area contributed by atoms with Crippen molar-refractivity contribution < 1.29 is 4.79 Å². The molecule has 0 fully saturated rings. The van der Waals surface area contributed by atoms with Crippen molar-refractivity contribution >= 4 is 6.03 Å². The number of rotatable bonds is 4. The highest BCUT2D eigenvalue weighted by Gasteiger charge is 2.12. The second-order valence-electron chi connectivity index (χ2n) is 5.39. The molecule has 2 aromatic rings. The Morgan fingerprint density at radius 1 is 1.40 bits per heavy atom. The lowest BCUT2D eigenvalue weighted by Gasteiger charge is -2.15. The SMILES string of the molecule is CC(C)CC(C)NC(=O)n1cnc(-c2cccnc2)c1. The van der Waals surface area contributed by atoms with Gasteiger partial charge in [-0.2, -0.15) is 0 Å². The number of nitrogens with one attached hydrogen (secondary N) is 1. The molecule has 0 bridgehead atoms. The maximum absolute atomic E-state index is 12.1. The zero-order valence-corrected chi connectivity index (χ0v) is 12.1. The third-order valence-corrected chi connectivity index (χ3v) is 2.97. The minimum Gasteiger partial charge on any atom is -0.335 e. The third-order valence-electron chi connectivity index (χ3n) is 2.97.